The van der Waals surface area contributed by atoms with Crippen molar-refractivity contribution in [1.82, 2.24) is 9.78 Å². The Balaban J connectivity index is 2.03. The summed E-state index contributed by atoms with van der Waals surface area (Å²) in [4.78, 5) is 0. The summed E-state index contributed by atoms with van der Waals surface area (Å²) in [5.41, 5.74) is -0.109. The Hall–Kier alpha value is -2.70. The van der Waals surface area contributed by atoms with E-state index >= 15 is 0 Å². The first-order valence-electron chi connectivity index (χ1n) is 7.97. The molecule has 0 bridgehead atoms. The van der Waals surface area contributed by atoms with Crippen molar-refractivity contribution in [2.45, 2.75) is 31.5 Å². The van der Waals surface area contributed by atoms with Crippen LogP contribution in [-0.2, 0) is 6.18 Å². The Morgan fingerprint density at radius 1 is 1.08 bits per heavy atom. The van der Waals surface area contributed by atoms with Gasteiger partial charge in [-0.15, -0.1) is 0 Å². The number of alkyl halides is 3. The molecule has 4 nitrogen and oxygen atoms in total. The molecule has 3 aromatic rings. The molecule has 7 heteroatoms. The minimum atomic E-state index is -4.49. The third-order valence-electron chi connectivity index (χ3n) is 4.69. The lowest BCUT2D eigenvalue weighted by atomic mass is 9.93. The van der Waals surface area contributed by atoms with Crippen molar-refractivity contribution in [2.75, 3.05) is 0 Å². The maximum Gasteiger partial charge on any atom is 0.418 e. The molecule has 0 amide bonds. The van der Waals surface area contributed by atoms with Crippen LogP contribution in [0.2, 0.25) is 0 Å². The van der Waals surface area contributed by atoms with E-state index in [1.165, 1.54) is 22.9 Å². The number of halogens is 3. The van der Waals surface area contributed by atoms with E-state index in [1.807, 2.05) is 0 Å². The van der Waals surface area contributed by atoms with Gasteiger partial charge >= 0.3 is 6.18 Å². The maximum atomic E-state index is 13.5. The summed E-state index contributed by atoms with van der Waals surface area (Å²) in [5.74, 6) is -0.350. The second-order valence-electron chi connectivity index (χ2n) is 6.28. The second-order valence-corrected chi connectivity index (χ2v) is 6.28. The number of rotatable bonds is 2. The van der Waals surface area contributed by atoms with Crippen molar-refractivity contribution in [3.63, 3.8) is 0 Å². The third kappa shape index (κ3) is 2.50. The lowest BCUT2D eigenvalue weighted by Gasteiger charge is -2.27. The molecule has 1 aliphatic carbocycles. The van der Waals surface area contributed by atoms with E-state index in [4.69, 9.17) is 0 Å². The molecule has 2 aromatic carbocycles. The highest BCUT2D eigenvalue weighted by molar-refractivity contribution is 5.96. The Morgan fingerprint density at radius 3 is 2.44 bits per heavy atom. The molecule has 0 unspecified atom stereocenters. The summed E-state index contributed by atoms with van der Waals surface area (Å²) in [7, 11) is 0. The summed E-state index contributed by atoms with van der Waals surface area (Å²) in [6, 6.07) is 7.89. The number of hydrogen-bond acceptors (Lipinski definition) is 3. The molecule has 0 spiro atoms. The number of hydrogen-bond donors (Lipinski definition) is 2. The van der Waals surface area contributed by atoms with Gasteiger partial charge in [0.1, 0.15) is 17.2 Å². The minimum Gasteiger partial charge on any atom is -0.508 e. The number of aromatic nitrogens is 2. The number of fused-ring (bicyclic) bond motifs is 1. The number of nitrogens with zero attached hydrogens (tertiary/aromatic N) is 2. The van der Waals surface area contributed by atoms with Gasteiger partial charge in [0.15, 0.2) is 0 Å². The van der Waals surface area contributed by atoms with Gasteiger partial charge in [-0.25, -0.2) is 0 Å². The fourth-order valence-corrected chi connectivity index (χ4v) is 3.24. The number of phenols is 2. The first kappa shape index (κ1) is 15.8. The van der Waals surface area contributed by atoms with E-state index in [0.717, 1.165) is 31.4 Å². The van der Waals surface area contributed by atoms with Gasteiger partial charge in [0, 0.05) is 17.0 Å². The van der Waals surface area contributed by atoms with Crippen molar-refractivity contribution < 1.29 is 23.4 Å². The van der Waals surface area contributed by atoms with E-state index < -0.39 is 11.7 Å². The Morgan fingerprint density at radius 2 is 1.84 bits per heavy atom. The molecule has 1 aliphatic rings. The van der Waals surface area contributed by atoms with Gasteiger partial charge in [-0.1, -0.05) is 12.1 Å². The quantitative estimate of drug-likeness (QED) is 0.695. The monoisotopic (exact) mass is 348 g/mol. The van der Waals surface area contributed by atoms with E-state index in [0.29, 0.717) is 10.9 Å². The zero-order chi connectivity index (χ0) is 17.8. The number of benzene rings is 2. The molecule has 2 N–H and O–H groups in total. The molecule has 0 atom stereocenters. The average molecular weight is 348 g/mol. The van der Waals surface area contributed by atoms with Crippen molar-refractivity contribution in [3.8, 4) is 22.8 Å². The molecule has 0 saturated heterocycles. The molecule has 4 rings (SSSR count). The van der Waals surface area contributed by atoms with Gasteiger partial charge in [0.2, 0.25) is 0 Å². The minimum absolute atomic E-state index is 0.0437. The predicted molar refractivity (Wildman–Crippen MR) is 86.4 cm³/mol. The van der Waals surface area contributed by atoms with Gasteiger partial charge in [-0.3, -0.25) is 4.68 Å². The third-order valence-corrected chi connectivity index (χ3v) is 4.69. The van der Waals surface area contributed by atoms with Crippen LogP contribution in [0.5, 0.6) is 11.5 Å². The van der Waals surface area contributed by atoms with Crippen molar-refractivity contribution in [2.24, 2.45) is 0 Å². The fraction of sp³-hybridized carbons (Fsp3) is 0.278. The molecular formula is C18H15F3N2O2. The SMILES string of the molecule is Oc1ccc(-c2nn(C3CCC3)c3c(C(F)(F)F)cccc23)c(O)c1. The normalized spacial score (nSPS) is 15.5. The summed E-state index contributed by atoms with van der Waals surface area (Å²) in [5, 5.41) is 24.3. The summed E-state index contributed by atoms with van der Waals surface area (Å²) in [6.45, 7) is 0. The van der Waals surface area contributed by atoms with E-state index in [-0.39, 0.29) is 28.8 Å². The zero-order valence-electron chi connectivity index (χ0n) is 13.1. The fourth-order valence-electron chi connectivity index (χ4n) is 3.24. The van der Waals surface area contributed by atoms with Crippen LogP contribution < -0.4 is 0 Å². The highest BCUT2D eigenvalue weighted by Gasteiger charge is 2.36. The number of aromatic hydroxyl groups is 2. The largest absolute Gasteiger partial charge is 0.508 e. The molecule has 130 valence electrons. The number of para-hydroxylation sites is 1. The average Bonchev–Trinajstić information content (AvgIpc) is 2.84. The summed E-state index contributed by atoms with van der Waals surface area (Å²) < 4.78 is 42.0. The van der Waals surface area contributed by atoms with Gasteiger partial charge < -0.3 is 10.2 Å². The van der Waals surface area contributed by atoms with Gasteiger partial charge in [-0.2, -0.15) is 18.3 Å². The maximum absolute atomic E-state index is 13.5. The Kier molecular flexibility index (Phi) is 3.42. The van der Waals surface area contributed by atoms with Crippen molar-refractivity contribution >= 4 is 10.9 Å². The molecule has 1 heterocycles. The number of phenolic OH excluding ortho intramolecular Hbond substituents is 2. The molecule has 0 aliphatic heterocycles. The van der Waals surface area contributed by atoms with Gasteiger partial charge in [0.25, 0.3) is 0 Å². The Labute approximate surface area is 141 Å². The lowest BCUT2D eigenvalue weighted by Crippen LogP contribution is -2.19. The van der Waals surface area contributed by atoms with E-state index in [1.54, 1.807) is 6.07 Å². The van der Waals surface area contributed by atoms with Gasteiger partial charge in [0.05, 0.1) is 17.1 Å². The van der Waals surface area contributed by atoms with Crippen LogP contribution in [0, 0.1) is 0 Å². The van der Waals surface area contributed by atoms with Crippen LogP contribution in [0.3, 0.4) is 0 Å². The Bertz CT molecular complexity index is 959. The molecular weight excluding hydrogens is 333 g/mol. The first-order valence-corrected chi connectivity index (χ1v) is 7.97. The van der Waals surface area contributed by atoms with Gasteiger partial charge in [-0.05, 0) is 37.5 Å². The topological polar surface area (TPSA) is 58.3 Å². The predicted octanol–water partition coefficient (Wildman–Crippen LogP) is 4.86. The van der Waals surface area contributed by atoms with Crippen LogP contribution in [0.25, 0.3) is 22.2 Å². The smallest absolute Gasteiger partial charge is 0.418 e. The first-order chi connectivity index (χ1) is 11.9. The van der Waals surface area contributed by atoms with Crippen LogP contribution in [0.1, 0.15) is 30.9 Å². The van der Waals surface area contributed by atoms with E-state index in [9.17, 15) is 23.4 Å². The summed E-state index contributed by atoms with van der Waals surface area (Å²) in [6.07, 6.45) is -1.97. The molecule has 25 heavy (non-hydrogen) atoms. The van der Waals surface area contributed by atoms with Crippen molar-refractivity contribution in [1.29, 1.82) is 0 Å². The lowest BCUT2D eigenvalue weighted by molar-refractivity contribution is -0.136. The second kappa shape index (κ2) is 5.40. The van der Waals surface area contributed by atoms with Crippen LogP contribution in [0.15, 0.2) is 36.4 Å². The highest BCUT2D eigenvalue weighted by Crippen LogP contribution is 2.44. The molecule has 0 radical (unpaired) electrons. The summed E-state index contributed by atoms with van der Waals surface area (Å²) >= 11 is 0. The van der Waals surface area contributed by atoms with Crippen molar-refractivity contribution in [3.05, 3.63) is 42.0 Å². The molecule has 1 aromatic heterocycles. The van der Waals surface area contributed by atoms with E-state index in [2.05, 4.69) is 5.10 Å². The van der Waals surface area contributed by atoms with Crippen LogP contribution >= 0.6 is 0 Å². The zero-order valence-corrected chi connectivity index (χ0v) is 13.1. The van der Waals surface area contributed by atoms with Crippen LogP contribution in [-0.4, -0.2) is 20.0 Å². The molecule has 1 fully saturated rings. The highest BCUT2D eigenvalue weighted by atomic mass is 19.4. The molecule has 1 saturated carbocycles. The van der Waals surface area contributed by atoms with Crippen LogP contribution in [0.4, 0.5) is 13.2 Å². The standard InChI is InChI=1S/C18H15F3N2O2/c19-18(20,21)14-6-2-5-13-16(12-8-7-11(24)9-15(12)25)22-23(17(13)14)10-3-1-4-10/h2,5-10,24-25H,1,3-4H2.